The second-order valence-electron chi connectivity index (χ2n) is 3.26. The number of hydrogen-bond acceptors (Lipinski definition) is 5. The predicted molar refractivity (Wildman–Crippen MR) is 64.4 cm³/mol. The van der Waals surface area contributed by atoms with Gasteiger partial charge in [-0.15, -0.1) is 0 Å². The molecular weight excluding hydrogens is 242 g/mol. The molecule has 0 amide bonds. The van der Waals surface area contributed by atoms with Crippen molar-refractivity contribution in [1.82, 2.24) is 19.9 Å². The van der Waals surface area contributed by atoms with Gasteiger partial charge in [0.25, 0.3) is 0 Å². The summed E-state index contributed by atoms with van der Waals surface area (Å²) in [6, 6.07) is 0. The Morgan fingerprint density at radius 3 is 3.00 bits per heavy atom. The van der Waals surface area contributed by atoms with E-state index in [1.807, 2.05) is 0 Å². The van der Waals surface area contributed by atoms with Crippen molar-refractivity contribution in [2.45, 2.75) is 6.42 Å². The Morgan fingerprint density at radius 2 is 2.29 bits per heavy atom. The summed E-state index contributed by atoms with van der Waals surface area (Å²) in [4.78, 5) is 15.1. The van der Waals surface area contributed by atoms with E-state index < -0.39 is 0 Å². The van der Waals surface area contributed by atoms with Gasteiger partial charge in [0.15, 0.2) is 16.7 Å². The highest BCUT2D eigenvalue weighted by Crippen LogP contribution is 2.27. The largest absolute Gasteiger partial charge is 0.490 e. The van der Waals surface area contributed by atoms with Crippen LogP contribution < -0.4 is 10.1 Å². The first kappa shape index (κ1) is 11.7. The van der Waals surface area contributed by atoms with Crippen LogP contribution in [0.3, 0.4) is 0 Å². The van der Waals surface area contributed by atoms with Gasteiger partial charge in [-0.3, -0.25) is 0 Å². The first-order valence-electron chi connectivity index (χ1n) is 5.08. The van der Waals surface area contributed by atoms with Crippen molar-refractivity contribution in [1.29, 1.82) is 0 Å². The summed E-state index contributed by atoms with van der Waals surface area (Å²) < 4.78 is 5.12. The molecule has 2 aromatic heterocycles. The van der Waals surface area contributed by atoms with Crippen LogP contribution >= 0.6 is 11.6 Å². The molecule has 0 unspecified atom stereocenters. The lowest BCUT2D eigenvalue weighted by molar-refractivity contribution is 0.413. The molecule has 90 valence electrons. The minimum atomic E-state index is 0.294. The average Bonchev–Trinajstić information content (AvgIpc) is 2.82. The van der Waals surface area contributed by atoms with Gasteiger partial charge in [0.05, 0.1) is 7.11 Å². The van der Waals surface area contributed by atoms with E-state index in [0.717, 1.165) is 12.2 Å². The molecule has 0 aliphatic rings. The van der Waals surface area contributed by atoms with Gasteiger partial charge < -0.3 is 15.0 Å². The third kappa shape index (κ3) is 2.85. The summed E-state index contributed by atoms with van der Waals surface area (Å²) in [6.45, 7) is 0.678. The quantitative estimate of drug-likeness (QED) is 0.790. The Hall–Kier alpha value is -1.82. The number of ether oxygens (including phenoxy) is 1. The Kier molecular flexibility index (Phi) is 3.77. The first-order valence-corrected chi connectivity index (χ1v) is 5.45. The number of anilines is 1. The van der Waals surface area contributed by atoms with Gasteiger partial charge in [0.1, 0.15) is 12.2 Å². The average molecular weight is 254 g/mol. The molecule has 17 heavy (non-hydrogen) atoms. The zero-order valence-electron chi connectivity index (χ0n) is 9.27. The molecule has 0 saturated carbocycles. The number of methoxy groups -OCH3 is 1. The van der Waals surface area contributed by atoms with Crippen molar-refractivity contribution in [3.05, 3.63) is 29.7 Å². The lowest BCUT2D eigenvalue weighted by Gasteiger charge is -2.09. The van der Waals surface area contributed by atoms with E-state index in [-0.39, 0.29) is 0 Å². The first-order chi connectivity index (χ1) is 8.31. The monoisotopic (exact) mass is 253 g/mol. The normalized spacial score (nSPS) is 10.2. The number of hydrogen-bond donors (Lipinski definition) is 2. The summed E-state index contributed by atoms with van der Waals surface area (Å²) in [5.41, 5.74) is 0. The fraction of sp³-hybridized carbons (Fsp3) is 0.300. The van der Waals surface area contributed by atoms with E-state index in [1.165, 1.54) is 13.4 Å². The number of nitrogens with one attached hydrogen (secondary N) is 2. The van der Waals surface area contributed by atoms with Crippen LogP contribution in [-0.2, 0) is 6.42 Å². The zero-order valence-corrected chi connectivity index (χ0v) is 10.0. The highest BCUT2D eigenvalue weighted by molar-refractivity contribution is 6.31. The van der Waals surface area contributed by atoms with E-state index in [4.69, 9.17) is 16.3 Å². The summed E-state index contributed by atoms with van der Waals surface area (Å²) in [5.74, 6) is 1.95. The third-order valence-electron chi connectivity index (χ3n) is 2.17. The maximum atomic E-state index is 5.87. The number of imidazole rings is 1. The van der Waals surface area contributed by atoms with Gasteiger partial charge in [0.2, 0.25) is 0 Å². The van der Waals surface area contributed by atoms with Gasteiger partial charge in [-0.1, -0.05) is 11.6 Å². The molecule has 0 aromatic carbocycles. The molecule has 2 aromatic rings. The summed E-state index contributed by atoms with van der Waals surface area (Å²) >= 11 is 5.87. The van der Waals surface area contributed by atoms with E-state index in [2.05, 4.69) is 25.3 Å². The van der Waals surface area contributed by atoms with E-state index in [1.54, 1.807) is 12.4 Å². The van der Waals surface area contributed by atoms with Crippen LogP contribution in [0.2, 0.25) is 5.15 Å². The number of aromatic amines is 1. The topological polar surface area (TPSA) is 75.7 Å². The number of aromatic nitrogens is 4. The minimum absolute atomic E-state index is 0.294. The van der Waals surface area contributed by atoms with Crippen LogP contribution in [0, 0.1) is 0 Å². The zero-order chi connectivity index (χ0) is 12.1. The van der Waals surface area contributed by atoms with Crippen molar-refractivity contribution < 1.29 is 4.74 Å². The third-order valence-corrected chi connectivity index (χ3v) is 2.44. The van der Waals surface area contributed by atoms with Crippen LogP contribution in [0.1, 0.15) is 5.82 Å². The van der Waals surface area contributed by atoms with E-state index >= 15 is 0 Å². The van der Waals surface area contributed by atoms with Gasteiger partial charge in [-0.25, -0.2) is 15.0 Å². The lowest BCUT2D eigenvalue weighted by atomic mass is 10.4. The van der Waals surface area contributed by atoms with Gasteiger partial charge >= 0.3 is 0 Å². The Bertz CT molecular complexity index is 474. The minimum Gasteiger partial charge on any atom is -0.490 e. The van der Waals surface area contributed by atoms with Crippen molar-refractivity contribution in [3.63, 3.8) is 0 Å². The predicted octanol–water partition coefficient (Wildman–Crippen LogP) is 1.52. The van der Waals surface area contributed by atoms with Crippen molar-refractivity contribution in [3.8, 4) is 5.75 Å². The van der Waals surface area contributed by atoms with Gasteiger partial charge in [0, 0.05) is 25.4 Å². The van der Waals surface area contributed by atoms with Gasteiger partial charge in [-0.05, 0) is 0 Å². The second kappa shape index (κ2) is 5.49. The molecule has 0 saturated heterocycles. The van der Waals surface area contributed by atoms with Crippen LogP contribution in [0.15, 0.2) is 18.7 Å². The maximum Gasteiger partial charge on any atom is 0.198 e. The van der Waals surface area contributed by atoms with Gasteiger partial charge in [-0.2, -0.15) is 0 Å². The number of nitrogens with zero attached hydrogens (tertiary/aromatic N) is 3. The Balaban J connectivity index is 1.97. The molecule has 0 aliphatic heterocycles. The Morgan fingerprint density at radius 1 is 1.41 bits per heavy atom. The fourth-order valence-electron chi connectivity index (χ4n) is 1.39. The number of H-pyrrole nitrogens is 1. The highest BCUT2D eigenvalue weighted by Gasteiger charge is 2.09. The van der Waals surface area contributed by atoms with E-state index in [0.29, 0.717) is 23.3 Å². The number of rotatable bonds is 5. The molecule has 2 heterocycles. The molecule has 0 atom stereocenters. The molecule has 0 radical (unpaired) electrons. The van der Waals surface area contributed by atoms with E-state index in [9.17, 15) is 0 Å². The smallest absolute Gasteiger partial charge is 0.198 e. The molecule has 7 heteroatoms. The fourth-order valence-corrected chi connectivity index (χ4v) is 1.60. The molecular formula is C10H12ClN5O. The number of halogens is 1. The molecule has 0 aliphatic carbocycles. The molecule has 2 N–H and O–H groups in total. The molecule has 0 spiro atoms. The SMILES string of the molecule is COc1c(Cl)ncnc1NCCc1ncc[nH]1. The molecule has 0 bridgehead atoms. The van der Waals surface area contributed by atoms with Crippen LogP contribution in [0.5, 0.6) is 5.75 Å². The maximum absolute atomic E-state index is 5.87. The van der Waals surface area contributed by atoms with Crippen molar-refractivity contribution >= 4 is 17.4 Å². The van der Waals surface area contributed by atoms with Crippen LogP contribution in [-0.4, -0.2) is 33.6 Å². The molecule has 6 nitrogen and oxygen atoms in total. The highest BCUT2D eigenvalue weighted by atomic mass is 35.5. The molecule has 0 fully saturated rings. The summed E-state index contributed by atoms with van der Waals surface area (Å²) in [6.07, 6.45) is 5.66. The standard InChI is InChI=1S/C10H12ClN5O/c1-17-8-9(11)15-6-16-10(8)14-3-2-7-12-4-5-13-7/h4-6H,2-3H2,1H3,(H,12,13)(H,14,15,16). The second-order valence-corrected chi connectivity index (χ2v) is 3.62. The van der Waals surface area contributed by atoms with Crippen LogP contribution in [0.4, 0.5) is 5.82 Å². The van der Waals surface area contributed by atoms with Crippen LogP contribution in [0.25, 0.3) is 0 Å². The summed E-state index contributed by atoms with van der Waals surface area (Å²) in [5, 5.41) is 3.42. The summed E-state index contributed by atoms with van der Waals surface area (Å²) in [7, 11) is 1.53. The lowest BCUT2D eigenvalue weighted by Crippen LogP contribution is -2.09. The Labute approximate surface area is 103 Å². The van der Waals surface area contributed by atoms with Crippen molar-refractivity contribution in [2.24, 2.45) is 0 Å². The molecule has 2 rings (SSSR count). The van der Waals surface area contributed by atoms with Crippen molar-refractivity contribution in [2.75, 3.05) is 19.0 Å².